The third-order valence-corrected chi connectivity index (χ3v) is 5.26. The Morgan fingerprint density at radius 3 is 2.75 bits per heavy atom. The highest BCUT2D eigenvalue weighted by Gasteiger charge is 2.08. The second-order valence-electron chi connectivity index (χ2n) is 5.44. The number of aromatic nitrogens is 1. The average molecular weight is 354 g/mol. The molecule has 0 bridgehead atoms. The fourth-order valence-electron chi connectivity index (χ4n) is 2.23. The van der Waals surface area contributed by atoms with Crippen LogP contribution in [0.1, 0.15) is 16.7 Å². The molecule has 0 spiro atoms. The molecule has 0 saturated carbocycles. The third kappa shape index (κ3) is 3.63. The van der Waals surface area contributed by atoms with Gasteiger partial charge in [0.2, 0.25) is 4.80 Å². The van der Waals surface area contributed by atoms with Gasteiger partial charge in [-0.1, -0.05) is 18.2 Å². The summed E-state index contributed by atoms with van der Waals surface area (Å²) in [4.78, 5) is 5.43. The molecule has 0 aliphatic carbocycles. The van der Waals surface area contributed by atoms with Gasteiger partial charge in [-0.2, -0.15) is 16.4 Å². The van der Waals surface area contributed by atoms with Crippen LogP contribution < -0.4 is 4.80 Å². The number of rotatable bonds is 5. The number of nitrogens with zero attached hydrogens (tertiary/aromatic N) is 3. The first-order valence-electron chi connectivity index (χ1n) is 7.65. The SMILES string of the molecule is C=CCN=c1scc(-c2ccc(C)c(C)c2)n1N=Cc1ccsc1. The van der Waals surface area contributed by atoms with Gasteiger partial charge in [0, 0.05) is 16.5 Å². The zero-order valence-corrected chi connectivity index (χ0v) is 15.4. The molecule has 0 N–H and O–H groups in total. The smallest absolute Gasteiger partial charge is 0.206 e. The van der Waals surface area contributed by atoms with Crippen molar-refractivity contribution in [2.24, 2.45) is 10.1 Å². The largest absolute Gasteiger partial charge is 0.253 e. The normalized spacial score (nSPS) is 12.2. The number of hydrogen-bond donors (Lipinski definition) is 0. The zero-order chi connectivity index (χ0) is 16.9. The van der Waals surface area contributed by atoms with Crippen molar-refractivity contribution in [1.29, 1.82) is 0 Å². The Morgan fingerprint density at radius 1 is 1.17 bits per heavy atom. The fraction of sp³-hybridized carbons (Fsp3) is 0.158. The fourth-order valence-corrected chi connectivity index (χ4v) is 3.69. The van der Waals surface area contributed by atoms with Crippen LogP contribution in [0.4, 0.5) is 0 Å². The van der Waals surface area contributed by atoms with Gasteiger partial charge < -0.3 is 0 Å². The van der Waals surface area contributed by atoms with Gasteiger partial charge in [0.15, 0.2) is 0 Å². The molecule has 0 unspecified atom stereocenters. The molecule has 0 aliphatic heterocycles. The lowest BCUT2D eigenvalue weighted by molar-refractivity contribution is 0.840. The minimum atomic E-state index is 0.584. The summed E-state index contributed by atoms with van der Waals surface area (Å²) in [6, 6.07) is 8.54. The molecule has 0 saturated heterocycles. The second-order valence-corrected chi connectivity index (χ2v) is 7.06. The van der Waals surface area contributed by atoms with Crippen molar-refractivity contribution in [2.75, 3.05) is 6.54 Å². The van der Waals surface area contributed by atoms with E-state index >= 15 is 0 Å². The Labute approximate surface area is 150 Å². The Balaban J connectivity index is 2.10. The summed E-state index contributed by atoms with van der Waals surface area (Å²) >= 11 is 3.26. The molecular formula is C19H19N3S2. The van der Waals surface area contributed by atoms with Crippen LogP contribution >= 0.6 is 22.7 Å². The Hall–Kier alpha value is -2.24. The van der Waals surface area contributed by atoms with Crippen molar-refractivity contribution in [3.63, 3.8) is 0 Å². The first-order chi connectivity index (χ1) is 11.7. The monoisotopic (exact) mass is 353 g/mol. The number of hydrogen-bond acceptors (Lipinski definition) is 4. The van der Waals surface area contributed by atoms with Gasteiger partial charge in [0.25, 0.3) is 0 Å². The van der Waals surface area contributed by atoms with Gasteiger partial charge in [-0.3, -0.25) is 4.99 Å². The third-order valence-electron chi connectivity index (χ3n) is 3.71. The van der Waals surface area contributed by atoms with E-state index in [0.29, 0.717) is 6.54 Å². The van der Waals surface area contributed by atoms with Crippen molar-refractivity contribution in [2.45, 2.75) is 13.8 Å². The van der Waals surface area contributed by atoms with E-state index < -0.39 is 0 Å². The van der Waals surface area contributed by atoms with E-state index in [0.717, 1.165) is 21.6 Å². The van der Waals surface area contributed by atoms with Crippen LogP contribution in [-0.4, -0.2) is 17.4 Å². The lowest BCUT2D eigenvalue weighted by Gasteiger charge is -2.06. The predicted molar refractivity (Wildman–Crippen MR) is 105 cm³/mol. The van der Waals surface area contributed by atoms with Crippen molar-refractivity contribution in [3.8, 4) is 11.3 Å². The van der Waals surface area contributed by atoms with E-state index in [-0.39, 0.29) is 0 Å². The van der Waals surface area contributed by atoms with Crippen LogP contribution in [0, 0.1) is 13.8 Å². The van der Waals surface area contributed by atoms with Gasteiger partial charge in [-0.05, 0) is 47.9 Å². The molecule has 0 aliphatic rings. The maximum absolute atomic E-state index is 4.67. The summed E-state index contributed by atoms with van der Waals surface area (Å²) < 4.78 is 1.91. The molecule has 0 fully saturated rings. The second kappa shape index (κ2) is 7.55. The minimum absolute atomic E-state index is 0.584. The number of thiophene rings is 1. The quantitative estimate of drug-likeness (QED) is 0.463. The summed E-state index contributed by atoms with van der Waals surface area (Å²) in [7, 11) is 0. The number of aryl methyl sites for hydroxylation is 2. The van der Waals surface area contributed by atoms with E-state index in [2.05, 4.69) is 65.5 Å². The van der Waals surface area contributed by atoms with Gasteiger partial charge >= 0.3 is 0 Å². The molecule has 0 atom stereocenters. The Bertz CT molecular complexity index is 928. The van der Waals surface area contributed by atoms with E-state index in [1.807, 2.05) is 16.3 Å². The van der Waals surface area contributed by atoms with Crippen LogP contribution in [0.3, 0.4) is 0 Å². The van der Waals surface area contributed by atoms with E-state index in [1.54, 1.807) is 28.7 Å². The van der Waals surface area contributed by atoms with E-state index in [1.165, 1.54) is 11.1 Å². The molecule has 0 amide bonds. The van der Waals surface area contributed by atoms with E-state index in [4.69, 9.17) is 0 Å². The molecule has 3 rings (SSSR count). The maximum atomic E-state index is 4.67. The molecule has 0 radical (unpaired) electrons. The van der Waals surface area contributed by atoms with Crippen molar-refractivity contribution in [1.82, 2.24) is 4.68 Å². The highest BCUT2D eigenvalue weighted by Crippen LogP contribution is 2.23. The van der Waals surface area contributed by atoms with E-state index in [9.17, 15) is 0 Å². The molecular weight excluding hydrogens is 334 g/mol. The van der Waals surface area contributed by atoms with Crippen molar-refractivity contribution >= 4 is 28.9 Å². The summed E-state index contributed by atoms with van der Waals surface area (Å²) in [6.07, 6.45) is 3.67. The summed E-state index contributed by atoms with van der Waals surface area (Å²) in [6.45, 7) is 8.58. The topological polar surface area (TPSA) is 29.6 Å². The Kier molecular flexibility index (Phi) is 5.23. The number of thiazole rings is 1. The molecule has 3 aromatic rings. The summed E-state index contributed by atoms with van der Waals surface area (Å²) in [5.74, 6) is 0. The van der Waals surface area contributed by atoms with Crippen LogP contribution in [0.2, 0.25) is 0 Å². The van der Waals surface area contributed by atoms with Crippen LogP contribution in [0.15, 0.2) is 63.2 Å². The summed E-state index contributed by atoms with van der Waals surface area (Å²) in [5.41, 5.74) is 5.86. The minimum Gasteiger partial charge on any atom is -0.253 e. The average Bonchev–Trinajstić information content (AvgIpc) is 3.23. The van der Waals surface area contributed by atoms with Crippen molar-refractivity contribution in [3.05, 3.63) is 74.6 Å². The maximum Gasteiger partial charge on any atom is 0.206 e. The molecule has 122 valence electrons. The standard InChI is InChI=1S/C19H19N3S2/c1-4-8-20-19-22(21-11-16-7-9-23-12-16)18(13-24-19)17-6-5-14(2)15(3)10-17/h4-7,9-13H,1,8H2,2-3H3. The zero-order valence-electron chi connectivity index (χ0n) is 13.8. The highest BCUT2D eigenvalue weighted by atomic mass is 32.1. The first-order valence-corrected chi connectivity index (χ1v) is 9.47. The molecule has 1 aromatic carbocycles. The van der Waals surface area contributed by atoms with Gasteiger partial charge in [-0.15, -0.1) is 17.9 Å². The van der Waals surface area contributed by atoms with Crippen LogP contribution in [0.25, 0.3) is 11.3 Å². The summed E-state index contributed by atoms with van der Waals surface area (Å²) in [5, 5.41) is 10.9. The predicted octanol–water partition coefficient (Wildman–Crippen LogP) is 4.86. The lowest BCUT2D eigenvalue weighted by Crippen LogP contribution is -2.12. The van der Waals surface area contributed by atoms with Gasteiger partial charge in [0.1, 0.15) is 0 Å². The lowest BCUT2D eigenvalue weighted by atomic mass is 10.1. The van der Waals surface area contributed by atoms with Gasteiger partial charge in [-0.25, -0.2) is 4.68 Å². The molecule has 5 heteroatoms. The first kappa shape index (κ1) is 16.6. The van der Waals surface area contributed by atoms with Crippen LogP contribution in [0.5, 0.6) is 0 Å². The molecule has 2 heterocycles. The number of benzene rings is 1. The Morgan fingerprint density at radius 2 is 2.04 bits per heavy atom. The highest BCUT2D eigenvalue weighted by molar-refractivity contribution is 7.08. The van der Waals surface area contributed by atoms with Crippen LogP contribution in [-0.2, 0) is 0 Å². The van der Waals surface area contributed by atoms with Crippen molar-refractivity contribution < 1.29 is 0 Å². The molecule has 2 aromatic heterocycles. The van der Waals surface area contributed by atoms with Gasteiger partial charge in [0.05, 0.1) is 18.5 Å². The molecule has 3 nitrogen and oxygen atoms in total. The molecule has 24 heavy (non-hydrogen) atoms.